The van der Waals surface area contributed by atoms with Crippen LogP contribution in [0.2, 0.25) is 0 Å². The van der Waals surface area contributed by atoms with Gasteiger partial charge in [0.1, 0.15) is 23.9 Å². The quantitative estimate of drug-likeness (QED) is 0.0540. The van der Waals surface area contributed by atoms with E-state index in [1.807, 2.05) is 48.5 Å². The van der Waals surface area contributed by atoms with E-state index >= 15 is 0 Å². The van der Waals surface area contributed by atoms with E-state index in [4.69, 9.17) is 4.74 Å². The number of benzene rings is 5. The number of aliphatic hydroxyl groups excluding tert-OH is 1. The van der Waals surface area contributed by atoms with Gasteiger partial charge < -0.3 is 9.84 Å². The number of ketones is 1. The number of aryl methyl sites for hydroxylation is 1. The molecule has 0 aliphatic carbocycles. The smallest absolute Gasteiger partial charge is 0.301 e. The highest BCUT2D eigenvalue weighted by atomic mass is 32.2. The first-order valence-corrected chi connectivity index (χ1v) is 16.9. The number of rotatable bonds is 9. The molecule has 5 aromatic carbocycles. The first-order chi connectivity index (χ1) is 23.4. The zero-order chi connectivity index (χ0) is 33.2. The predicted octanol–water partition coefficient (Wildman–Crippen LogP) is 8.64. The molecule has 0 bridgehead atoms. The highest BCUT2D eigenvalue weighted by molar-refractivity contribution is 8.00. The minimum absolute atomic E-state index is 0.0903. The number of thioether (sulfide) groups is 1. The second-order valence-corrected chi connectivity index (χ2v) is 13.4. The third-order valence-corrected chi connectivity index (χ3v) is 10.3. The number of nitrogens with zero attached hydrogens (tertiary/aromatic N) is 3. The zero-order valence-electron chi connectivity index (χ0n) is 25.7. The predicted molar refractivity (Wildman–Crippen MR) is 187 cm³/mol. The Balaban J connectivity index is 1.22. The van der Waals surface area contributed by atoms with Gasteiger partial charge in [-0.15, -0.1) is 10.2 Å². The summed E-state index contributed by atoms with van der Waals surface area (Å²) in [6.07, 6.45) is 0. The Bertz CT molecular complexity index is 2180. The molecule has 0 saturated carbocycles. The molecule has 7 nitrogen and oxygen atoms in total. The van der Waals surface area contributed by atoms with Crippen LogP contribution in [0.5, 0.6) is 5.75 Å². The molecular weight excluding hydrogens is 646 g/mol. The van der Waals surface area contributed by atoms with Gasteiger partial charge in [0.15, 0.2) is 4.34 Å². The minimum Gasteiger partial charge on any atom is -0.507 e. The van der Waals surface area contributed by atoms with E-state index in [0.717, 1.165) is 28.0 Å². The van der Waals surface area contributed by atoms with Crippen molar-refractivity contribution in [1.29, 1.82) is 0 Å². The van der Waals surface area contributed by atoms with Crippen molar-refractivity contribution in [3.63, 3.8) is 0 Å². The normalized spacial score (nSPS) is 15.7. The fraction of sp³-hybridized carbons (Fsp3) is 0.105. The summed E-state index contributed by atoms with van der Waals surface area (Å²) >= 11 is 2.67. The van der Waals surface area contributed by atoms with Crippen molar-refractivity contribution in [3.8, 4) is 5.75 Å². The molecule has 1 aromatic heterocycles. The lowest BCUT2D eigenvalue weighted by Gasteiger charge is -2.22. The van der Waals surface area contributed by atoms with Gasteiger partial charge in [-0.3, -0.25) is 14.5 Å². The number of amides is 1. The number of ether oxygens (including phenoxy) is 1. The van der Waals surface area contributed by atoms with Crippen molar-refractivity contribution in [2.24, 2.45) is 0 Å². The molecule has 1 aliphatic heterocycles. The largest absolute Gasteiger partial charge is 0.507 e. The van der Waals surface area contributed by atoms with Gasteiger partial charge >= 0.3 is 5.91 Å². The molecule has 7 rings (SSSR count). The summed E-state index contributed by atoms with van der Waals surface area (Å²) in [6.45, 7) is 1.96. The SMILES string of the molecule is Cc1ccc(/C(O)=C2\C(=O)C(=O)N(c3nnc(SCc4cccc5ccccc45)s3)C2c2ccc(OCc3ccccc3)cc2)cc1F. The van der Waals surface area contributed by atoms with Gasteiger partial charge in [-0.25, -0.2) is 4.39 Å². The van der Waals surface area contributed by atoms with Crippen LogP contribution in [0.25, 0.3) is 16.5 Å². The van der Waals surface area contributed by atoms with Crippen molar-refractivity contribution in [3.05, 3.63) is 154 Å². The van der Waals surface area contributed by atoms with E-state index in [9.17, 15) is 19.1 Å². The minimum atomic E-state index is -1.04. The third kappa shape index (κ3) is 6.20. The number of hydrogen-bond donors (Lipinski definition) is 1. The van der Waals surface area contributed by atoms with Gasteiger partial charge in [0.2, 0.25) is 5.13 Å². The van der Waals surface area contributed by atoms with Gasteiger partial charge in [0.05, 0.1) is 11.6 Å². The van der Waals surface area contributed by atoms with Gasteiger partial charge in [0, 0.05) is 11.3 Å². The molecule has 0 spiro atoms. The summed E-state index contributed by atoms with van der Waals surface area (Å²) in [5, 5.41) is 22.6. The summed E-state index contributed by atoms with van der Waals surface area (Å²) in [5.41, 5.74) is 2.99. The van der Waals surface area contributed by atoms with Gasteiger partial charge in [-0.1, -0.05) is 120 Å². The highest BCUT2D eigenvalue weighted by Crippen LogP contribution is 2.44. The van der Waals surface area contributed by atoms with E-state index < -0.39 is 29.3 Å². The van der Waals surface area contributed by atoms with Crippen LogP contribution < -0.4 is 9.64 Å². The number of halogens is 1. The lowest BCUT2D eigenvalue weighted by molar-refractivity contribution is -0.132. The number of Topliss-reactive ketones (excluding diaryl/α,β-unsaturated/α-hetero) is 1. The topological polar surface area (TPSA) is 92.6 Å². The molecule has 1 saturated heterocycles. The number of aromatic nitrogens is 2. The summed E-state index contributed by atoms with van der Waals surface area (Å²) in [6, 6.07) is 34.2. The van der Waals surface area contributed by atoms with Crippen molar-refractivity contribution >= 4 is 56.5 Å². The molecule has 48 heavy (non-hydrogen) atoms. The Morgan fingerprint density at radius 2 is 1.67 bits per heavy atom. The average molecular weight is 674 g/mol. The fourth-order valence-corrected chi connectivity index (χ4v) is 7.52. The molecule has 1 amide bonds. The van der Waals surface area contributed by atoms with Crippen molar-refractivity contribution < 1.29 is 23.8 Å². The Morgan fingerprint density at radius 3 is 2.46 bits per heavy atom. The standard InChI is InChI=1S/C38H28FN3O4S2/c1-23-14-15-27(20-31(23)39)34(43)32-33(26-16-18-29(19-17-26)46-21-24-8-3-2-4-9-24)42(36(45)35(32)44)37-40-41-38(48-37)47-22-28-12-7-11-25-10-5-6-13-30(25)28/h2-20,33,43H,21-22H2,1H3/b34-32+. The third-order valence-electron chi connectivity index (χ3n) is 8.17. The molecule has 10 heteroatoms. The summed E-state index contributed by atoms with van der Waals surface area (Å²) in [4.78, 5) is 28.6. The van der Waals surface area contributed by atoms with Crippen LogP contribution in [0.15, 0.2) is 125 Å². The first-order valence-electron chi connectivity index (χ1n) is 15.1. The van der Waals surface area contributed by atoms with Gasteiger partial charge in [0.25, 0.3) is 5.78 Å². The van der Waals surface area contributed by atoms with Crippen molar-refractivity contribution in [1.82, 2.24) is 10.2 Å². The molecule has 1 N–H and O–H groups in total. The molecule has 2 heterocycles. The lowest BCUT2D eigenvalue weighted by Crippen LogP contribution is -2.29. The molecule has 1 unspecified atom stereocenters. The Morgan fingerprint density at radius 1 is 0.917 bits per heavy atom. The molecule has 1 fully saturated rings. The van der Waals surface area contributed by atoms with Crippen LogP contribution in [0.3, 0.4) is 0 Å². The Labute approximate surface area is 284 Å². The van der Waals surface area contributed by atoms with Crippen molar-refractivity contribution in [2.45, 2.75) is 29.7 Å². The van der Waals surface area contributed by atoms with Crippen LogP contribution in [0.4, 0.5) is 9.52 Å². The van der Waals surface area contributed by atoms with E-state index in [2.05, 4.69) is 34.5 Å². The number of carbonyl (C=O) groups is 2. The van der Waals surface area contributed by atoms with Crippen LogP contribution in [-0.2, 0) is 21.9 Å². The summed E-state index contributed by atoms with van der Waals surface area (Å²) < 4.78 is 21.1. The maximum Gasteiger partial charge on any atom is 0.301 e. The number of fused-ring (bicyclic) bond motifs is 1. The maximum atomic E-state index is 14.6. The molecule has 6 aromatic rings. The van der Waals surface area contributed by atoms with Gasteiger partial charge in [-0.05, 0) is 58.1 Å². The number of hydrogen-bond acceptors (Lipinski definition) is 8. The first kappa shape index (κ1) is 31.3. The fourth-order valence-electron chi connectivity index (χ4n) is 5.64. The van der Waals surface area contributed by atoms with Gasteiger partial charge in [-0.2, -0.15) is 0 Å². The van der Waals surface area contributed by atoms with E-state index in [1.54, 1.807) is 31.2 Å². The second-order valence-electron chi connectivity index (χ2n) is 11.3. The van der Waals surface area contributed by atoms with Crippen LogP contribution in [0.1, 0.15) is 33.9 Å². The van der Waals surface area contributed by atoms with Crippen LogP contribution >= 0.6 is 23.1 Å². The average Bonchev–Trinajstić information content (AvgIpc) is 3.69. The molecule has 1 aliphatic rings. The zero-order valence-corrected chi connectivity index (χ0v) is 27.3. The monoisotopic (exact) mass is 673 g/mol. The second kappa shape index (κ2) is 13.4. The number of anilines is 1. The van der Waals surface area contributed by atoms with E-state index in [0.29, 0.717) is 33.6 Å². The Kier molecular flexibility index (Phi) is 8.75. The van der Waals surface area contributed by atoms with Crippen LogP contribution in [-0.4, -0.2) is 27.0 Å². The molecule has 1 atom stereocenters. The summed E-state index contributed by atoms with van der Waals surface area (Å²) in [7, 11) is 0. The van der Waals surface area contributed by atoms with E-state index in [-0.39, 0.29) is 16.3 Å². The number of carbonyl (C=O) groups excluding carboxylic acids is 2. The van der Waals surface area contributed by atoms with E-state index in [1.165, 1.54) is 40.1 Å². The molecule has 0 radical (unpaired) electrons. The Hall–Kier alpha value is -5.32. The highest BCUT2D eigenvalue weighted by Gasteiger charge is 2.48. The maximum absolute atomic E-state index is 14.6. The lowest BCUT2D eigenvalue weighted by atomic mass is 9.95. The summed E-state index contributed by atoms with van der Waals surface area (Å²) in [5.74, 6) is -1.56. The molecular formula is C38H28FN3O4S2. The molecule has 238 valence electrons. The van der Waals surface area contributed by atoms with Crippen molar-refractivity contribution in [2.75, 3.05) is 4.90 Å². The number of aliphatic hydroxyl groups is 1. The van der Waals surface area contributed by atoms with Crippen LogP contribution in [0, 0.1) is 12.7 Å².